The van der Waals surface area contributed by atoms with E-state index in [1.165, 1.54) is 0 Å². The number of carbonyl (C=O) groups is 1. The van der Waals surface area contributed by atoms with Gasteiger partial charge in [0.05, 0.1) is 5.54 Å². The van der Waals surface area contributed by atoms with Crippen LogP contribution in [0.15, 0.2) is 30.3 Å². The van der Waals surface area contributed by atoms with Crippen molar-refractivity contribution in [2.45, 2.75) is 31.8 Å². The number of rotatable bonds is 1. The van der Waals surface area contributed by atoms with E-state index >= 15 is 0 Å². The molecule has 1 aliphatic heterocycles. The third-order valence-electron chi connectivity index (χ3n) is 3.25. The lowest BCUT2D eigenvalue weighted by atomic mass is 9.86. The number of esters is 1. The average molecular weight is 234 g/mol. The molecule has 1 aliphatic rings. The van der Waals surface area contributed by atoms with Gasteiger partial charge < -0.3 is 4.74 Å². The van der Waals surface area contributed by atoms with Crippen molar-refractivity contribution in [1.82, 2.24) is 5.06 Å². The molecule has 1 unspecified atom stereocenters. The van der Waals surface area contributed by atoms with Gasteiger partial charge in [-0.2, -0.15) is 0 Å². The van der Waals surface area contributed by atoms with E-state index in [2.05, 4.69) is 0 Å². The molecule has 0 aliphatic carbocycles. The number of ether oxygens (including phenoxy) is 1. The number of morpholine rings is 1. The molecule has 0 bridgehead atoms. The summed E-state index contributed by atoms with van der Waals surface area (Å²) in [6, 6.07) is 9.01. The van der Waals surface area contributed by atoms with Crippen molar-refractivity contribution in [1.29, 1.82) is 0 Å². The molecule has 1 aromatic carbocycles. The van der Waals surface area contributed by atoms with Gasteiger partial charge in [0.2, 0.25) is 0 Å². The van der Waals surface area contributed by atoms with Crippen LogP contribution in [0, 0.1) is 0 Å². The first-order valence-corrected chi connectivity index (χ1v) is 5.59. The highest BCUT2D eigenvalue weighted by Crippen LogP contribution is 2.37. The third kappa shape index (κ3) is 1.73. The maximum Gasteiger partial charge on any atom is 0.333 e. The van der Waals surface area contributed by atoms with Crippen LogP contribution < -0.4 is 0 Å². The second kappa shape index (κ2) is 3.82. The summed E-state index contributed by atoms with van der Waals surface area (Å²) in [6.45, 7) is 5.28. The molecule has 1 radical (unpaired) electrons. The van der Waals surface area contributed by atoms with Gasteiger partial charge in [0.1, 0.15) is 6.61 Å². The Bertz CT molecular complexity index is 430. The normalized spacial score (nSPS) is 28.8. The van der Waals surface area contributed by atoms with Gasteiger partial charge in [-0.3, -0.25) is 0 Å². The van der Waals surface area contributed by atoms with Crippen molar-refractivity contribution in [3.05, 3.63) is 35.9 Å². The Balaban J connectivity index is 2.50. The van der Waals surface area contributed by atoms with Crippen molar-refractivity contribution >= 4 is 5.97 Å². The summed E-state index contributed by atoms with van der Waals surface area (Å²) in [5.74, 6) is -0.488. The number of carbonyl (C=O) groups excluding carboxylic acids is 1. The van der Waals surface area contributed by atoms with E-state index in [1.807, 2.05) is 18.2 Å². The van der Waals surface area contributed by atoms with Gasteiger partial charge in [-0.05, 0) is 26.3 Å². The molecule has 0 aromatic heterocycles. The van der Waals surface area contributed by atoms with E-state index in [1.54, 1.807) is 32.9 Å². The van der Waals surface area contributed by atoms with Gasteiger partial charge in [0, 0.05) is 0 Å². The first-order valence-electron chi connectivity index (χ1n) is 5.59. The zero-order chi connectivity index (χ0) is 12.7. The highest BCUT2D eigenvalue weighted by Gasteiger charge is 2.53. The molecule has 0 N–H and O–H groups in total. The molecule has 4 nitrogen and oxygen atoms in total. The van der Waals surface area contributed by atoms with Crippen LogP contribution in [-0.2, 0) is 20.3 Å². The Morgan fingerprint density at radius 2 is 1.76 bits per heavy atom. The first kappa shape index (κ1) is 12.1. The number of hydroxylamine groups is 2. The van der Waals surface area contributed by atoms with Gasteiger partial charge >= 0.3 is 5.97 Å². The molecule has 1 aromatic rings. The van der Waals surface area contributed by atoms with Crippen LogP contribution in [0.4, 0.5) is 0 Å². The quantitative estimate of drug-likeness (QED) is 0.697. The van der Waals surface area contributed by atoms with Crippen LogP contribution in [0.2, 0.25) is 0 Å². The Hall–Kier alpha value is -1.39. The lowest BCUT2D eigenvalue weighted by Crippen LogP contribution is -2.63. The van der Waals surface area contributed by atoms with Crippen LogP contribution in [-0.4, -0.2) is 23.2 Å². The van der Waals surface area contributed by atoms with E-state index < -0.39 is 17.0 Å². The summed E-state index contributed by atoms with van der Waals surface area (Å²) in [4.78, 5) is 12.0. The summed E-state index contributed by atoms with van der Waals surface area (Å²) in [7, 11) is 0. The monoisotopic (exact) mass is 234 g/mol. The van der Waals surface area contributed by atoms with Gasteiger partial charge in [0.25, 0.3) is 0 Å². The van der Waals surface area contributed by atoms with Crippen molar-refractivity contribution in [3.63, 3.8) is 0 Å². The highest BCUT2D eigenvalue weighted by atomic mass is 16.6. The van der Waals surface area contributed by atoms with Crippen molar-refractivity contribution < 1.29 is 14.7 Å². The number of hydrogen-bond donors (Lipinski definition) is 0. The fourth-order valence-corrected chi connectivity index (χ4v) is 2.13. The second-order valence-corrected chi connectivity index (χ2v) is 5.12. The van der Waals surface area contributed by atoms with Crippen LogP contribution >= 0.6 is 0 Å². The van der Waals surface area contributed by atoms with Crippen molar-refractivity contribution in [2.24, 2.45) is 0 Å². The summed E-state index contributed by atoms with van der Waals surface area (Å²) in [6.07, 6.45) is 0. The molecular formula is C13H16NO3. The largest absolute Gasteiger partial charge is 0.462 e. The van der Waals surface area contributed by atoms with E-state index in [0.29, 0.717) is 5.56 Å². The van der Waals surface area contributed by atoms with E-state index in [4.69, 9.17) is 4.74 Å². The number of cyclic esters (lactones) is 1. The minimum atomic E-state index is -1.26. The zero-order valence-corrected chi connectivity index (χ0v) is 10.3. The van der Waals surface area contributed by atoms with Gasteiger partial charge in [-0.25, -0.2) is 4.79 Å². The Morgan fingerprint density at radius 3 is 2.35 bits per heavy atom. The zero-order valence-electron chi connectivity index (χ0n) is 10.3. The third-order valence-corrected chi connectivity index (χ3v) is 3.25. The lowest BCUT2D eigenvalue weighted by molar-refractivity contribution is -0.306. The minimum absolute atomic E-state index is 0.123. The maximum absolute atomic E-state index is 12.4. The van der Waals surface area contributed by atoms with E-state index in [-0.39, 0.29) is 6.61 Å². The van der Waals surface area contributed by atoms with Crippen molar-refractivity contribution in [3.8, 4) is 0 Å². The molecule has 0 saturated carbocycles. The number of nitrogens with zero attached hydrogens (tertiary/aromatic N) is 1. The van der Waals surface area contributed by atoms with Gasteiger partial charge in [-0.15, -0.1) is 10.3 Å². The first-order chi connectivity index (χ1) is 7.89. The van der Waals surface area contributed by atoms with Gasteiger partial charge in [-0.1, -0.05) is 30.3 Å². The predicted octanol–water partition coefficient (Wildman–Crippen LogP) is 1.88. The van der Waals surface area contributed by atoms with Crippen LogP contribution in [0.25, 0.3) is 0 Å². The topological polar surface area (TPSA) is 49.4 Å². The van der Waals surface area contributed by atoms with Gasteiger partial charge in [0.15, 0.2) is 5.54 Å². The molecule has 17 heavy (non-hydrogen) atoms. The van der Waals surface area contributed by atoms with Crippen LogP contribution in [0.5, 0.6) is 0 Å². The number of hydrogen-bond acceptors (Lipinski definition) is 3. The number of benzene rings is 1. The van der Waals surface area contributed by atoms with Crippen molar-refractivity contribution in [2.75, 3.05) is 6.61 Å². The summed E-state index contributed by atoms with van der Waals surface area (Å²) in [5, 5.41) is 13.2. The molecule has 1 heterocycles. The van der Waals surface area contributed by atoms with E-state index in [0.717, 1.165) is 5.06 Å². The lowest BCUT2D eigenvalue weighted by Gasteiger charge is -2.46. The SMILES string of the molecule is CC1(C)COC(=O)C(C)(c2ccccc2)N1[O]. The Labute approximate surface area is 101 Å². The Morgan fingerprint density at radius 1 is 1.18 bits per heavy atom. The molecule has 91 valence electrons. The summed E-state index contributed by atoms with van der Waals surface area (Å²) in [5.41, 5.74) is -1.31. The fourth-order valence-electron chi connectivity index (χ4n) is 2.13. The molecule has 0 amide bonds. The fraction of sp³-hybridized carbons (Fsp3) is 0.462. The van der Waals surface area contributed by atoms with Crippen LogP contribution in [0.3, 0.4) is 0 Å². The molecular weight excluding hydrogens is 218 g/mol. The molecule has 2 rings (SSSR count). The maximum atomic E-state index is 12.4. The smallest absolute Gasteiger partial charge is 0.333 e. The predicted molar refractivity (Wildman–Crippen MR) is 61.4 cm³/mol. The minimum Gasteiger partial charge on any atom is -0.462 e. The summed E-state index contributed by atoms with van der Waals surface area (Å²) >= 11 is 0. The molecule has 1 fully saturated rings. The van der Waals surface area contributed by atoms with Crippen LogP contribution in [0.1, 0.15) is 26.3 Å². The molecule has 1 saturated heterocycles. The average Bonchev–Trinajstić information content (AvgIpc) is 2.33. The standard InChI is InChI=1S/C13H16NO3/c1-12(2)9-17-11(15)13(3,14(12)16)10-7-5-4-6-8-10/h4-8H,9H2,1-3H3. The summed E-state index contributed by atoms with van der Waals surface area (Å²) < 4.78 is 5.15. The molecule has 1 atom stereocenters. The second-order valence-electron chi connectivity index (χ2n) is 5.12. The van der Waals surface area contributed by atoms with E-state index in [9.17, 15) is 10.0 Å². The highest BCUT2D eigenvalue weighted by molar-refractivity contribution is 5.82. The molecule has 0 spiro atoms. The Kier molecular flexibility index (Phi) is 2.72. The molecule has 4 heteroatoms.